The topological polar surface area (TPSA) is 64.3 Å². The van der Waals surface area contributed by atoms with Crippen molar-refractivity contribution in [2.24, 2.45) is 5.73 Å². The first-order valence-corrected chi connectivity index (χ1v) is 6.89. The Hall–Kier alpha value is -0.260. The molecule has 4 nitrogen and oxygen atoms in total. The van der Waals surface area contributed by atoms with Gasteiger partial charge in [0.2, 0.25) is 5.91 Å². The van der Waals surface area contributed by atoms with Crippen molar-refractivity contribution in [1.82, 2.24) is 5.32 Å². The summed E-state index contributed by atoms with van der Waals surface area (Å²) in [5.41, 5.74) is 5.08. The van der Waals surface area contributed by atoms with Gasteiger partial charge >= 0.3 is 0 Å². The van der Waals surface area contributed by atoms with Crippen LogP contribution in [0.5, 0.6) is 0 Å². The second kappa shape index (κ2) is 4.94. The highest BCUT2D eigenvalue weighted by Crippen LogP contribution is 2.40. The Bertz CT molecular complexity index is 271. The van der Waals surface area contributed by atoms with Crippen LogP contribution < -0.4 is 11.1 Å². The fraction of sp³-hybridized carbons (Fsp3) is 0.909. The monoisotopic (exact) mass is 244 g/mol. The van der Waals surface area contributed by atoms with E-state index in [1.165, 1.54) is 0 Å². The van der Waals surface area contributed by atoms with E-state index < -0.39 is 5.54 Å². The largest absolute Gasteiger partial charge is 0.379 e. The Morgan fingerprint density at radius 1 is 1.56 bits per heavy atom. The van der Waals surface area contributed by atoms with Gasteiger partial charge in [-0.2, -0.15) is 11.8 Å². The van der Waals surface area contributed by atoms with E-state index >= 15 is 0 Å². The Morgan fingerprint density at radius 2 is 2.31 bits per heavy atom. The highest BCUT2D eigenvalue weighted by Gasteiger charge is 2.44. The lowest BCUT2D eigenvalue weighted by Gasteiger charge is -2.30. The molecule has 3 N–H and O–H groups in total. The quantitative estimate of drug-likeness (QED) is 0.739. The van der Waals surface area contributed by atoms with Gasteiger partial charge in [-0.3, -0.25) is 4.79 Å². The van der Waals surface area contributed by atoms with Crippen molar-refractivity contribution in [3.8, 4) is 0 Å². The normalized spacial score (nSPS) is 34.9. The molecule has 2 atom stereocenters. The number of nitrogens with one attached hydrogen (secondary N) is 1. The summed E-state index contributed by atoms with van der Waals surface area (Å²) in [6.07, 6.45) is 2.83. The highest BCUT2D eigenvalue weighted by molar-refractivity contribution is 8.00. The van der Waals surface area contributed by atoms with Crippen LogP contribution in [0.15, 0.2) is 0 Å². The SMILES string of the molecule is CCNC1(C(N)=O)CCC(SC2COC2)C1. The first-order chi connectivity index (χ1) is 7.66. The molecule has 1 amide bonds. The van der Waals surface area contributed by atoms with Gasteiger partial charge in [-0.1, -0.05) is 6.92 Å². The lowest BCUT2D eigenvalue weighted by atomic mass is 9.97. The summed E-state index contributed by atoms with van der Waals surface area (Å²) in [7, 11) is 0. The molecule has 0 aromatic rings. The van der Waals surface area contributed by atoms with Crippen molar-refractivity contribution < 1.29 is 9.53 Å². The van der Waals surface area contributed by atoms with Gasteiger partial charge in [-0.25, -0.2) is 0 Å². The average Bonchev–Trinajstić information content (AvgIpc) is 2.57. The lowest BCUT2D eigenvalue weighted by molar-refractivity contribution is -0.124. The van der Waals surface area contributed by atoms with Crippen LogP contribution in [-0.2, 0) is 9.53 Å². The lowest BCUT2D eigenvalue weighted by Crippen LogP contribution is -2.53. The molecule has 2 fully saturated rings. The summed E-state index contributed by atoms with van der Waals surface area (Å²) < 4.78 is 5.16. The second-order valence-corrected chi connectivity index (χ2v) is 6.24. The van der Waals surface area contributed by atoms with Crippen molar-refractivity contribution in [3.05, 3.63) is 0 Å². The fourth-order valence-corrected chi connectivity index (χ4v) is 4.02. The van der Waals surface area contributed by atoms with Gasteiger partial charge in [0.05, 0.1) is 24.0 Å². The van der Waals surface area contributed by atoms with Crippen molar-refractivity contribution >= 4 is 17.7 Å². The number of carbonyl (C=O) groups excluding carboxylic acids is 1. The predicted octanol–water partition coefficient (Wildman–Crippen LogP) is 0.505. The number of hydrogen-bond acceptors (Lipinski definition) is 4. The van der Waals surface area contributed by atoms with E-state index in [-0.39, 0.29) is 5.91 Å². The maximum absolute atomic E-state index is 11.6. The van der Waals surface area contributed by atoms with Gasteiger partial charge in [-0.05, 0) is 25.8 Å². The summed E-state index contributed by atoms with van der Waals surface area (Å²) in [5, 5.41) is 4.47. The molecule has 16 heavy (non-hydrogen) atoms. The van der Waals surface area contributed by atoms with Gasteiger partial charge in [0.25, 0.3) is 0 Å². The molecule has 1 heterocycles. The third kappa shape index (κ3) is 2.36. The van der Waals surface area contributed by atoms with Crippen LogP contribution in [0, 0.1) is 0 Å². The number of ether oxygens (including phenoxy) is 1. The molecule has 1 aliphatic heterocycles. The first-order valence-electron chi connectivity index (χ1n) is 5.94. The Kier molecular flexibility index (Phi) is 3.77. The van der Waals surface area contributed by atoms with Gasteiger partial charge in [0.15, 0.2) is 0 Å². The minimum absolute atomic E-state index is 0.192. The van der Waals surface area contributed by atoms with Crippen LogP contribution in [-0.4, -0.2) is 41.7 Å². The molecule has 0 radical (unpaired) electrons. The highest BCUT2D eigenvalue weighted by atomic mass is 32.2. The summed E-state index contributed by atoms with van der Waals surface area (Å²) in [6, 6.07) is 0. The van der Waals surface area contributed by atoms with Crippen LogP contribution in [0.1, 0.15) is 26.2 Å². The molecular formula is C11H20N2O2S. The van der Waals surface area contributed by atoms with Crippen molar-refractivity contribution in [2.45, 2.75) is 42.2 Å². The summed E-state index contributed by atoms with van der Waals surface area (Å²) >= 11 is 1.97. The van der Waals surface area contributed by atoms with E-state index in [1.54, 1.807) is 0 Å². The molecule has 0 spiro atoms. The Morgan fingerprint density at radius 3 is 2.81 bits per heavy atom. The number of likely N-dealkylation sites (N-methyl/N-ethyl adjacent to an activating group) is 1. The smallest absolute Gasteiger partial charge is 0.237 e. The van der Waals surface area contributed by atoms with Crippen LogP contribution in [0.2, 0.25) is 0 Å². The molecule has 2 aliphatic rings. The molecule has 5 heteroatoms. The van der Waals surface area contributed by atoms with Crippen LogP contribution in [0.4, 0.5) is 0 Å². The molecule has 1 saturated heterocycles. The van der Waals surface area contributed by atoms with E-state index in [4.69, 9.17) is 10.5 Å². The Balaban J connectivity index is 1.89. The number of thioether (sulfide) groups is 1. The van der Waals surface area contributed by atoms with E-state index in [1.807, 2.05) is 18.7 Å². The molecule has 2 rings (SSSR count). The molecule has 0 aromatic heterocycles. The molecule has 0 bridgehead atoms. The van der Waals surface area contributed by atoms with Crippen LogP contribution in [0.3, 0.4) is 0 Å². The predicted molar refractivity (Wildman–Crippen MR) is 65.4 cm³/mol. The number of carbonyl (C=O) groups is 1. The van der Waals surface area contributed by atoms with Gasteiger partial charge in [0.1, 0.15) is 0 Å². The second-order valence-electron chi connectivity index (χ2n) is 4.64. The maximum Gasteiger partial charge on any atom is 0.237 e. The van der Waals surface area contributed by atoms with E-state index in [0.717, 1.165) is 39.0 Å². The summed E-state index contributed by atoms with van der Waals surface area (Å²) in [5.74, 6) is -0.192. The van der Waals surface area contributed by atoms with Crippen LogP contribution >= 0.6 is 11.8 Å². The number of rotatable bonds is 5. The van der Waals surface area contributed by atoms with Crippen molar-refractivity contribution in [3.63, 3.8) is 0 Å². The minimum atomic E-state index is -0.447. The zero-order valence-corrected chi connectivity index (χ0v) is 10.5. The van der Waals surface area contributed by atoms with Crippen molar-refractivity contribution in [1.29, 1.82) is 0 Å². The standard InChI is InChI=1S/C11H20N2O2S/c1-2-13-11(10(12)14)4-3-8(5-11)16-9-6-15-7-9/h8-9,13H,2-7H2,1H3,(H2,12,14). The number of primary amides is 1. The third-order valence-electron chi connectivity index (χ3n) is 3.45. The molecule has 92 valence electrons. The number of nitrogens with two attached hydrogens (primary N) is 1. The van der Waals surface area contributed by atoms with Crippen molar-refractivity contribution in [2.75, 3.05) is 19.8 Å². The van der Waals surface area contributed by atoms with Gasteiger partial charge < -0.3 is 15.8 Å². The summed E-state index contributed by atoms with van der Waals surface area (Å²) in [6.45, 7) is 4.55. The molecular weight excluding hydrogens is 224 g/mol. The molecule has 2 unspecified atom stereocenters. The number of amides is 1. The molecule has 0 aromatic carbocycles. The zero-order valence-electron chi connectivity index (χ0n) is 9.70. The van der Waals surface area contributed by atoms with Crippen LogP contribution in [0.25, 0.3) is 0 Å². The fourth-order valence-electron chi connectivity index (χ4n) is 2.49. The van der Waals surface area contributed by atoms with Gasteiger partial charge in [0, 0.05) is 5.25 Å². The van der Waals surface area contributed by atoms with Gasteiger partial charge in [-0.15, -0.1) is 0 Å². The Labute approximate surface area is 101 Å². The van der Waals surface area contributed by atoms with E-state index in [2.05, 4.69) is 5.32 Å². The van der Waals surface area contributed by atoms with E-state index in [9.17, 15) is 4.79 Å². The zero-order chi connectivity index (χ0) is 11.6. The maximum atomic E-state index is 11.6. The average molecular weight is 244 g/mol. The summed E-state index contributed by atoms with van der Waals surface area (Å²) in [4.78, 5) is 11.6. The number of hydrogen-bond donors (Lipinski definition) is 2. The van der Waals surface area contributed by atoms with E-state index in [0.29, 0.717) is 10.5 Å². The first kappa shape index (κ1) is 12.2. The molecule has 1 aliphatic carbocycles. The minimum Gasteiger partial charge on any atom is -0.379 e. The third-order valence-corrected chi connectivity index (χ3v) is 4.89. The molecule has 1 saturated carbocycles.